The minimum Gasteiger partial charge on any atom is -0.496 e. The van der Waals surface area contributed by atoms with Crippen molar-refractivity contribution in [3.05, 3.63) is 66.2 Å². The Morgan fingerprint density at radius 2 is 1.79 bits per heavy atom. The summed E-state index contributed by atoms with van der Waals surface area (Å²) in [5.74, 6) is 0.678. The molecule has 4 heterocycles. The number of halogens is 3. The summed E-state index contributed by atoms with van der Waals surface area (Å²) in [6.07, 6.45) is 1.92. The number of nitrogens with zero attached hydrogens (tertiary/aromatic N) is 3. The van der Waals surface area contributed by atoms with Crippen molar-refractivity contribution >= 4 is 11.3 Å². The summed E-state index contributed by atoms with van der Waals surface area (Å²) in [5.41, 5.74) is 6.50. The quantitative estimate of drug-likeness (QED) is 0.339. The zero-order valence-electron chi connectivity index (χ0n) is 21.2. The summed E-state index contributed by atoms with van der Waals surface area (Å²) in [6.45, 7) is 0.450. The van der Waals surface area contributed by atoms with Crippen molar-refractivity contribution in [2.45, 2.75) is 42.9 Å². The maximum Gasteiger partial charge on any atom is 0.423 e. The molecule has 39 heavy (non-hydrogen) atoms. The molecule has 2 aromatic carbocycles. The number of benzene rings is 2. The number of nitrogen functional groups attached to an aromatic ring is 1. The number of ether oxygens (including phenoxy) is 3. The monoisotopic (exact) mass is 540 g/mol. The molecule has 2 bridgehead atoms. The number of fused-ring (bicyclic) bond motifs is 4. The summed E-state index contributed by atoms with van der Waals surface area (Å²) < 4.78 is 59.8. The van der Waals surface area contributed by atoms with E-state index in [4.69, 9.17) is 24.9 Å². The zero-order chi connectivity index (χ0) is 27.4. The Labute approximate surface area is 222 Å². The van der Waals surface area contributed by atoms with Crippen molar-refractivity contribution < 1.29 is 32.5 Å². The normalized spacial score (nSPS) is 22.8. The van der Waals surface area contributed by atoms with E-state index in [0.29, 0.717) is 29.2 Å². The maximum atomic E-state index is 13.7. The molecule has 1 aliphatic carbocycles. The number of aromatic nitrogens is 3. The summed E-state index contributed by atoms with van der Waals surface area (Å²) in [7, 11) is 1.18. The third-order valence-corrected chi connectivity index (χ3v) is 7.97. The average Bonchev–Trinajstić information content (AvgIpc) is 3.35. The molecule has 0 atom stereocenters. The van der Waals surface area contributed by atoms with Gasteiger partial charge in [0.1, 0.15) is 45.7 Å². The van der Waals surface area contributed by atoms with Crippen LogP contribution in [0, 0.1) is 0 Å². The number of hydrogen-bond acceptors (Lipinski definition) is 7. The molecule has 3 N–H and O–H groups in total. The van der Waals surface area contributed by atoms with Crippen LogP contribution in [0.4, 0.5) is 19.0 Å². The van der Waals surface area contributed by atoms with Gasteiger partial charge in [0.05, 0.1) is 31.3 Å². The molecule has 2 aromatic heterocycles. The molecule has 4 aromatic rings. The van der Waals surface area contributed by atoms with Gasteiger partial charge < -0.3 is 25.1 Å². The summed E-state index contributed by atoms with van der Waals surface area (Å²) >= 11 is 0. The number of hydrogen-bond donors (Lipinski definition) is 2. The Bertz CT molecular complexity index is 1510. The third kappa shape index (κ3) is 4.16. The van der Waals surface area contributed by atoms with Gasteiger partial charge in [-0.2, -0.15) is 13.2 Å². The van der Waals surface area contributed by atoms with E-state index in [9.17, 15) is 18.3 Å². The van der Waals surface area contributed by atoms with Gasteiger partial charge in [-0.1, -0.05) is 6.07 Å². The van der Waals surface area contributed by atoms with Crippen molar-refractivity contribution in [1.82, 2.24) is 14.4 Å². The van der Waals surface area contributed by atoms with E-state index < -0.39 is 17.3 Å². The van der Waals surface area contributed by atoms with Gasteiger partial charge in [-0.15, -0.1) is 0 Å². The molecule has 1 saturated carbocycles. The fourth-order valence-electron chi connectivity index (χ4n) is 5.75. The Morgan fingerprint density at radius 1 is 1.08 bits per heavy atom. The highest BCUT2D eigenvalue weighted by atomic mass is 19.4. The van der Waals surface area contributed by atoms with Gasteiger partial charge >= 0.3 is 6.18 Å². The molecular weight excluding hydrogens is 513 g/mol. The minimum atomic E-state index is -4.66. The van der Waals surface area contributed by atoms with Crippen LogP contribution < -0.4 is 15.2 Å². The second kappa shape index (κ2) is 9.13. The van der Waals surface area contributed by atoms with Crippen LogP contribution in [0.15, 0.2) is 54.9 Å². The molecule has 0 radical (unpaired) electrons. The average molecular weight is 541 g/mol. The number of imidazole rings is 1. The third-order valence-electron chi connectivity index (χ3n) is 7.97. The lowest BCUT2D eigenvalue weighted by Gasteiger charge is -2.51. The van der Waals surface area contributed by atoms with Crippen LogP contribution in [0.25, 0.3) is 16.8 Å². The SMILES string of the molecule is COc1cccc(Oc2ccc(-c3nc(C45CCC(CO)(CC4)OC5)n4ccnc(N)c34)cc2)c1C(F)(F)F. The van der Waals surface area contributed by atoms with E-state index in [1.807, 2.05) is 10.6 Å². The lowest BCUT2D eigenvalue weighted by atomic mass is 9.66. The van der Waals surface area contributed by atoms with Gasteiger partial charge in [-0.05, 0) is 62.1 Å². The largest absolute Gasteiger partial charge is 0.496 e. The first-order chi connectivity index (χ1) is 18.7. The number of anilines is 1. The predicted molar refractivity (Wildman–Crippen MR) is 137 cm³/mol. The Kier molecular flexibility index (Phi) is 5.96. The highest BCUT2D eigenvalue weighted by Crippen LogP contribution is 2.51. The number of aliphatic hydroxyl groups is 1. The number of rotatable bonds is 6. The fraction of sp³-hybridized carbons (Fsp3) is 0.357. The van der Waals surface area contributed by atoms with Crippen LogP contribution in [0.1, 0.15) is 37.1 Å². The predicted octanol–water partition coefficient (Wildman–Crippen LogP) is 5.37. The van der Waals surface area contributed by atoms with Gasteiger partial charge in [0.15, 0.2) is 0 Å². The Hall–Kier alpha value is -3.83. The number of aliphatic hydroxyl groups excluding tert-OH is 1. The minimum absolute atomic E-state index is 0.00216. The first-order valence-corrected chi connectivity index (χ1v) is 12.6. The van der Waals surface area contributed by atoms with E-state index in [2.05, 4.69) is 4.98 Å². The number of alkyl halides is 3. The molecular formula is C28H27F3N4O4. The van der Waals surface area contributed by atoms with Crippen molar-refractivity contribution in [3.8, 4) is 28.5 Å². The zero-order valence-corrected chi connectivity index (χ0v) is 21.2. The number of methoxy groups -OCH3 is 1. The smallest absolute Gasteiger partial charge is 0.423 e. The number of nitrogens with two attached hydrogens (primary N) is 1. The molecule has 0 amide bonds. The molecule has 0 unspecified atom stereocenters. The highest BCUT2D eigenvalue weighted by Gasteiger charge is 2.52. The Balaban J connectivity index is 1.36. The maximum absolute atomic E-state index is 13.7. The van der Waals surface area contributed by atoms with Crippen molar-refractivity contribution in [2.24, 2.45) is 0 Å². The summed E-state index contributed by atoms with van der Waals surface area (Å²) in [4.78, 5) is 9.30. The van der Waals surface area contributed by atoms with E-state index in [0.717, 1.165) is 31.5 Å². The van der Waals surface area contributed by atoms with Crippen molar-refractivity contribution in [1.29, 1.82) is 0 Å². The molecule has 11 heteroatoms. The molecule has 8 nitrogen and oxygen atoms in total. The van der Waals surface area contributed by atoms with E-state index in [1.54, 1.807) is 30.5 Å². The topological polar surface area (TPSA) is 104 Å². The van der Waals surface area contributed by atoms with Crippen LogP contribution in [0.2, 0.25) is 0 Å². The molecule has 3 fully saturated rings. The second-order valence-electron chi connectivity index (χ2n) is 10.2. The molecule has 204 valence electrons. The van der Waals surface area contributed by atoms with Crippen molar-refractivity contribution in [3.63, 3.8) is 0 Å². The van der Waals surface area contributed by atoms with Crippen LogP contribution in [0.5, 0.6) is 17.2 Å². The second-order valence-corrected chi connectivity index (χ2v) is 10.2. The van der Waals surface area contributed by atoms with Gasteiger partial charge in [-0.3, -0.25) is 4.40 Å². The molecule has 2 saturated heterocycles. The fourth-order valence-corrected chi connectivity index (χ4v) is 5.75. The van der Waals surface area contributed by atoms with Crippen LogP contribution >= 0.6 is 0 Å². The van der Waals surface area contributed by atoms with Crippen LogP contribution in [-0.4, -0.2) is 45.4 Å². The van der Waals surface area contributed by atoms with Crippen LogP contribution in [0.3, 0.4) is 0 Å². The molecule has 2 aliphatic heterocycles. The molecule has 3 aliphatic rings. The van der Waals surface area contributed by atoms with Gasteiger partial charge in [0, 0.05) is 18.0 Å². The van der Waals surface area contributed by atoms with E-state index in [1.165, 1.54) is 25.3 Å². The highest BCUT2D eigenvalue weighted by molar-refractivity contribution is 5.85. The standard InChI is InChI=1S/C28H27F3N4O4/c1-37-19-3-2-4-20(21(19)28(29,30)31)39-18-7-5-17(6-8-18)22-23-24(32)33-13-14-35(23)25(34-22)26-9-11-27(15-36,12-10-26)38-16-26/h2-8,13-14,36H,9-12,15-16H2,1H3,(H2,32,33). The molecule has 0 spiro atoms. The van der Waals surface area contributed by atoms with Gasteiger partial charge in [-0.25, -0.2) is 9.97 Å². The van der Waals surface area contributed by atoms with Crippen molar-refractivity contribution in [2.75, 3.05) is 26.1 Å². The first-order valence-electron chi connectivity index (χ1n) is 12.6. The first kappa shape index (κ1) is 25.4. The summed E-state index contributed by atoms with van der Waals surface area (Å²) in [5, 5.41) is 9.84. The van der Waals surface area contributed by atoms with Gasteiger partial charge in [0.2, 0.25) is 0 Å². The Morgan fingerprint density at radius 3 is 2.41 bits per heavy atom. The molecule has 7 rings (SSSR count). The van der Waals surface area contributed by atoms with Gasteiger partial charge in [0.25, 0.3) is 0 Å². The van der Waals surface area contributed by atoms with E-state index in [-0.39, 0.29) is 29.3 Å². The van der Waals surface area contributed by atoms with Crippen LogP contribution in [-0.2, 0) is 16.3 Å². The lowest BCUT2D eigenvalue weighted by Crippen LogP contribution is -2.55. The van der Waals surface area contributed by atoms with E-state index >= 15 is 0 Å². The lowest BCUT2D eigenvalue weighted by molar-refractivity contribution is -0.177. The summed E-state index contributed by atoms with van der Waals surface area (Å²) in [6, 6.07) is 10.6.